The third kappa shape index (κ3) is 3.13. The van der Waals surface area contributed by atoms with Crippen molar-refractivity contribution in [3.63, 3.8) is 0 Å². The van der Waals surface area contributed by atoms with Gasteiger partial charge in [0.05, 0.1) is 13.2 Å². The van der Waals surface area contributed by atoms with Crippen LogP contribution in [0.15, 0.2) is 59.6 Å². The van der Waals surface area contributed by atoms with E-state index in [1.807, 2.05) is 42.5 Å². The lowest BCUT2D eigenvalue weighted by atomic mass is 10.1. The Hall–Kier alpha value is -2.37. The fraction of sp³-hybridized carbons (Fsp3) is 0.222. The second-order valence-corrected chi connectivity index (χ2v) is 5.84. The lowest BCUT2D eigenvalue weighted by Crippen LogP contribution is -2.43. The zero-order chi connectivity index (χ0) is 17.2. The van der Waals surface area contributed by atoms with Gasteiger partial charge in [0.1, 0.15) is 5.84 Å². The molecule has 1 unspecified atom stereocenters. The highest BCUT2D eigenvalue weighted by atomic mass is 35.5. The number of halogens is 1. The van der Waals surface area contributed by atoms with Gasteiger partial charge in [-0.1, -0.05) is 41.9 Å². The molecule has 0 fully saturated rings. The number of carbonyl (C=O) groups excluding carboxylic acids is 1. The van der Waals surface area contributed by atoms with Gasteiger partial charge in [-0.05, 0) is 31.2 Å². The first-order valence-electron chi connectivity index (χ1n) is 7.61. The number of carbonyl (C=O) groups is 1. The molecule has 3 rings (SSSR count). The van der Waals surface area contributed by atoms with Crippen molar-refractivity contribution in [2.24, 2.45) is 4.99 Å². The van der Waals surface area contributed by atoms with E-state index in [-0.39, 0.29) is 13.2 Å². The summed E-state index contributed by atoms with van der Waals surface area (Å²) in [4.78, 5) is 18.2. The van der Waals surface area contributed by atoms with Gasteiger partial charge in [-0.25, -0.2) is 9.79 Å². The molecule has 0 aliphatic carbocycles. The second-order valence-electron chi connectivity index (χ2n) is 5.40. The van der Waals surface area contributed by atoms with Crippen molar-refractivity contribution in [3.8, 4) is 0 Å². The molecule has 124 valence electrons. The van der Waals surface area contributed by atoms with Crippen LogP contribution in [0.25, 0.3) is 0 Å². The van der Waals surface area contributed by atoms with E-state index in [0.29, 0.717) is 10.9 Å². The van der Waals surface area contributed by atoms with E-state index < -0.39 is 11.7 Å². The third-order valence-electron chi connectivity index (χ3n) is 3.70. The van der Waals surface area contributed by atoms with Crippen molar-refractivity contribution >= 4 is 29.1 Å². The fourth-order valence-corrected chi connectivity index (χ4v) is 2.69. The third-order valence-corrected chi connectivity index (χ3v) is 3.95. The molecule has 24 heavy (non-hydrogen) atoms. The number of amidine groups is 1. The van der Waals surface area contributed by atoms with E-state index in [4.69, 9.17) is 16.3 Å². The molecule has 1 atom stereocenters. The van der Waals surface area contributed by atoms with E-state index in [1.165, 1.54) is 0 Å². The quantitative estimate of drug-likeness (QED) is 0.866. The average molecular weight is 345 g/mol. The smallest absolute Gasteiger partial charge is 0.363 e. The lowest BCUT2D eigenvalue weighted by Gasteiger charge is -2.23. The highest BCUT2D eigenvalue weighted by Gasteiger charge is 2.46. The Morgan fingerprint density at radius 3 is 2.54 bits per heavy atom. The molecule has 0 spiro atoms. The minimum Gasteiger partial charge on any atom is -0.462 e. The molecule has 5 nitrogen and oxygen atoms in total. The Labute approximate surface area is 145 Å². The standard InChI is InChI=1S/C18H17ClN2O3/c1-2-24-17(22)18(23)12-21(15-10-8-14(19)9-11-15)16(20-18)13-6-4-3-5-7-13/h3-11,23H,2,12H2,1H3. The molecule has 1 aliphatic heterocycles. The first-order valence-corrected chi connectivity index (χ1v) is 7.99. The van der Waals surface area contributed by atoms with Crippen LogP contribution in [0.4, 0.5) is 5.69 Å². The number of ether oxygens (including phenoxy) is 1. The predicted octanol–water partition coefficient (Wildman–Crippen LogP) is 2.86. The highest BCUT2D eigenvalue weighted by molar-refractivity contribution is 6.30. The largest absolute Gasteiger partial charge is 0.462 e. The zero-order valence-electron chi connectivity index (χ0n) is 13.1. The monoisotopic (exact) mass is 344 g/mol. The fourth-order valence-electron chi connectivity index (χ4n) is 2.57. The SMILES string of the molecule is CCOC(=O)C1(O)CN(c2ccc(Cl)cc2)C(c2ccccc2)=N1. The minimum absolute atomic E-state index is 0.0162. The van der Waals surface area contributed by atoms with Gasteiger partial charge in [0.25, 0.3) is 5.72 Å². The Bertz CT molecular complexity index is 762. The summed E-state index contributed by atoms with van der Waals surface area (Å²) in [7, 11) is 0. The van der Waals surface area contributed by atoms with Gasteiger partial charge >= 0.3 is 5.97 Å². The molecular formula is C18H17ClN2O3. The van der Waals surface area contributed by atoms with Crippen LogP contribution in [-0.4, -0.2) is 35.8 Å². The Morgan fingerprint density at radius 1 is 1.25 bits per heavy atom. The Kier molecular flexibility index (Phi) is 4.55. The molecule has 0 saturated heterocycles. The molecule has 0 saturated carbocycles. The molecule has 0 aromatic heterocycles. The first kappa shape index (κ1) is 16.5. The van der Waals surface area contributed by atoms with Crippen LogP contribution in [-0.2, 0) is 9.53 Å². The molecule has 1 aliphatic rings. The van der Waals surface area contributed by atoms with Crippen molar-refractivity contribution in [3.05, 3.63) is 65.2 Å². The topological polar surface area (TPSA) is 62.1 Å². The van der Waals surface area contributed by atoms with Crippen molar-refractivity contribution < 1.29 is 14.6 Å². The van der Waals surface area contributed by atoms with Crippen LogP contribution >= 0.6 is 11.6 Å². The number of hydrogen-bond donors (Lipinski definition) is 1. The van der Waals surface area contributed by atoms with Crippen LogP contribution in [0.1, 0.15) is 12.5 Å². The van der Waals surface area contributed by atoms with Crippen LogP contribution in [0.5, 0.6) is 0 Å². The first-order chi connectivity index (χ1) is 11.5. The molecule has 1 heterocycles. The van der Waals surface area contributed by atoms with E-state index in [2.05, 4.69) is 4.99 Å². The number of aliphatic hydroxyl groups is 1. The molecule has 0 radical (unpaired) electrons. The number of nitrogens with zero attached hydrogens (tertiary/aromatic N) is 2. The summed E-state index contributed by atoms with van der Waals surface area (Å²) in [5.41, 5.74) is -0.351. The summed E-state index contributed by atoms with van der Waals surface area (Å²) in [5.74, 6) is -0.247. The molecule has 2 aromatic rings. The van der Waals surface area contributed by atoms with Gasteiger partial charge in [-0.15, -0.1) is 0 Å². The predicted molar refractivity (Wildman–Crippen MR) is 93.4 cm³/mol. The Morgan fingerprint density at radius 2 is 1.92 bits per heavy atom. The van der Waals surface area contributed by atoms with Crippen LogP contribution < -0.4 is 4.90 Å². The number of rotatable bonds is 4. The van der Waals surface area contributed by atoms with Gasteiger partial charge in [0.2, 0.25) is 0 Å². The summed E-state index contributed by atoms with van der Waals surface area (Å²) in [5, 5.41) is 11.3. The highest BCUT2D eigenvalue weighted by Crippen LogP contribution is 2.29. The van der Waals surface area contributed by atoms with Crippen molar-refractivity contribution in [1.82, 2.24) is 0 Å². The number of β-amino-alcohol motifs (C(OH)–C–C–N with tert-alkyl or cyclic N) is 1. The second kappa shape index (κ2) is 6.63. The molecule has 0 bridgehead atoms. The van der Waals surface area contributed by atoms with Crippen LogP contribution in [0.3, 0.4) is 0 Å². The maximum absolute atomic E-state index is 12.1. The maximum atomic E-state index is 12.1. The average Bonchev–Trinajstić information content (AvgIpc) is 2.96. The Balaban J connectivity index is 2.03. The summed E-state index contributed by atoms with van der Waals surface area (Å²) < 4.78 is 4.97. The maximum Gasteiger partial charge on any atom is 0.363 e. The number of aliphatic imine (C=N–C) groups is 1. The van der Waals surface area contributed by atoms with Crippen molar-refractivity contribution in [2.75, 3.05) is 18.1 Å². The van der Waals surface area contributed by atoms with E-state index >= 15 is 0 Å². The number of esters is 1. The molecule has 0 amide bonds. The summed E-state index contributed by atoms with van der Waals surface area (Å²) in [6.07, 6.45) is 0. The van der Waals surface area contributed by atoms with E-state index in [9.17, 15) is 9.90 Å². The summed E-state index contributed by atoms with van der Waals surface area (Å²) >= 11 is 5.95. The minimum atomic E-state index is -1.93. The van der Waals surface area contributed by atoms with Gasteiger partial charge in [-0.3, -0.25) is 0 Å². The molecule has 1 N–H and O–H groups in total. The van der Waals surface area contributed by atoms with Crippen molar-refractivity contribution in [2.45, 2.75) is 12.6 Å². The number of benzene rings is 2. The van der Waals surface area contributed by atoms with Crippen LogP contribution in [0.2, 0.25) is 5.02 Å². The molecule has 6 heteroatoms. The van der Waals surface area contributed by atoms with E-state index in [0.717, 1.165) is 11.3 Å². The zero-order valence-corrected chi connectivity index (χ0v) is 13.9. The summed E-state index contributed by atoms with van der Waals surface area (Å²) in [6.45, 7) is 1.85. The lowest BCUT2D eigenvalue weighted by molar-refractivity contribution is -0.162. The van der Waals surface area contributed by atoms with Gasteiger partial charge < -0.3 is 14.7 Å². The van der Waals surface area contributed by atoms with Gasteiger partial charge in [0.15, 0.2) is 0 Å². The number of anilines is 1. The van der Waals surface area contributed by atoms with Crippen LogP contribution in [0, 0.1) is 0 Å². The normalized spacial score (nSPS) is 20.0. The van der Waals surface area contributed by atoms with E-state index in [1.54, 1.807) is 24.0 Å². The van der Waals surface area contributed by atoms with Crippen molar-refractivity contribution in [1.29, 1.82) is 0 Å². The molecule has 2 aromatic carbocycles. The van der Waals surface area contributed by atoms with Gasteiger partial charge in [-0.2, -0.15) is 0 Å². The summed E-state index contributed by atoms with van der Waals surface area (Å²) in [6, 6.07) is 16.5. The molecular weight excluding hydrogens is 328 g/mol. The van der Waals surface area contributed by atoms with Gasteiger partial charge in [0, 0.05) is 16.3 Å². The number of hydrogen-bond acceptors (Lipinski definition) is 5.